The highest BCUT2D eigenvalue weighted by Gasteiger charge is 2.16. The number of rotatable bonds is 4. The number of hydrogen-bond donors (Lipinski definition) is 0. The molecule has 10 rings (SSSR count). The Morgan fingerprint density at radius 1 is 0.347 bits per heavy atom. The minimum atomic E-state index is 0.708. The van der Waals surface area contributed by atoms with Crippen molar-refractivity contribution in [2.75, 3.05) is 0 Å². The van der Waals surface area contributed by atoms with Gasteiger partial charge < -0.3 is 4.57 Å². The molecule has 0 amide bonds. The summed E-state index contributed by atoms with van der Waals surface area (Å²) in [5, 5.41) is 9.68. The van der Waals surface area contributed by atoms with Crippen LogP contribution in [-0.2, 0) is 0 Å². The van der Waals surface area contributed by atoms with Crippen molar-refractivity contribution in [2.45, 2.75) is 0 Å². The number of aromatic nitrogens is 3. The van der Waals surface area contributed by atoms with E-state index in [1.165, 1.54) is 48.7 Å². The first-order chi connectivity index (χ1) is 24.3. The van der Waals surface area contributed by atoms with Crippen LogP contribution in [0.25, 0.3) is 93.7 Å². The third kappa shape index (κ3) is 4.59. The fourth-order valence-electron chi connectivity index (χ4n) is 7.37. The third-order valence-electron chi connectivity index (χ3n) is 9.74. The Morgan fingerprint density at radius 3 is 1.92 bits per heavy atom. The smallest absolute Gasteiger partial charge is 0.160 e. The molecule has 0 radical (unpaired) electrons. The van der Waals surface area contributed by atoms with Crippen LogP contribution in [-0.4, -0.2) is 14.5 Å². The quantitative estimate of drug-likeness (QED) is 0.195. The highest BCUT2D eigenvalue weighted by molar-refractivity contribution is 6.13. The number of para-hydroxylation sites is 1. The van der Waals surface area contributed by atoms with Crippen molar-refractivity contribution in [3.8, 4) is 39.6 Å². The van der Waals surface area contributed by atoms with Crippen molar-refractivity contribution in [2.24, 2.45) is 0 Å². The van der Waals surface area contributed by atoms with Crippen molar-refractivity contribution in [3.63, 3.8) is 0 Å². The van der Waals surface area contributed by atoms with Gasteiger partial charge in [0.15, 0.2) is 5.82 Å². The SMILES string of the molecule is c1ccc(-c2cc(-c3cccc4ccccc34)nc(-c3ccc4ccc(-n5c6ccccc6c6cc7ccccc7cc65)cc4c3)n2)cc1. The van der Waals surface area contributed by atoms with E-state index in [1.54, 1.807) is 0 Å². The van der Waals surface area contributed by atoms with Gasteiger partial charge in [-0.05, 0) is 74.8 Å². The van der Waals surface area contributed by atoms with E-state index in [4.69, 9.17) is 9.97 Å². The van der Waals surface area contributed by atoms with Crippen LogP contribution in [0.2, 0.25) is 0 Å². The first-order valence-electron chi connectivity index (χ1n) is 16.7. The van der Waals surface area contributed by atoms with Crippen molar-refractivity contribution in [1.82, 2.24) is 14.5 Å². The van der Waals surface area contributed by atoms with Crippen LogP contribution < -0.4 is 0 Å². The maximum Gasteiger partial charge on any atom is 0.160 e. The standard InChI is InChI=1S/C46H29N3/c1-2-12-32(13-3-1)42-29-43(39-19-10-16-31-11-6-7-17-38(31)39)48-46(47-42)35-22-21-30-23-24-37(26-36(30)25-35)49-44-20-9-8-18-40(44)41-27-33-14-4-5-15-34(33)28-45(41)49/h1-29H. The summed E-state index contributed by atoms with van der Waals surface area (Å²) in [5.41, 5.74) is 8.48. The summed E-state index contributed by atoms with van der Waals surface area (Å²) >= 11 is 0. The summed E-state index contributed by atoms with van der Waals surface area (Å²) in [5.74, 6) is 0.708. The lowest BCUT2D eigenvalue weighted by Crippen LogP contribution is -1.97. The van der Waals surface area contributed by atoms with Crippen LogP contribution in [0.15, 0.2) is 176 Å². The Bertz CT molecular complexity index is 2880. The predicted octanol–water partition coefficient (Wildman–Crippen LogP) is 12.0. The van der Waals surface area contributed by atoms with Gasteiger partial charge >= 0.3 is 0 Å². The van der Waals surface area contributed by atoms with E-state index in [0.29, 0.717) is 5.82 Å². The van der Waals surface area contributed by atoms with Crippen molar-refractivity contribution in [1.29, 1.82) is 0 Å². The molecule has 49 heavy (non-hydrogen) atoms. The second-order valence-corrected chi connectivity index (χ2v) is 12.7. The highest BCUT2D eigenvalue weighted by atomic mass is 15.0. The Hall–Kier alpha value is -6.58. The molecule has 2 heterocycles. The molecule has 3 nitrogen and oxygen atoms in total. The molecule has 0 aliphatic heterocycles. The predicted molar refractivity (Wildman–Crippen MR) is 205 cm³/mol. The van der Waals surface area contributed by atoms with Crippen LogP contribution >= 0.6 is 0 Å². The van der Waals surface area contributed by atoms with Gasteiger partial charge in [0.05, 0.1) is 22.4 Å². The molecule has 0 aliphatic carbocycles. The summed E-state index contributed by atoms with van der Waals surface area (Å²) in [4.78, 5) is 10.4. The molecular formula is C46H29N3. The first-order valence-corrected chi connectivity index (χ1v) is 16.7. The highest BCUT2D eigenvalue weighted by Crippen LogP contribution is 2.37. The van der Waals surface area contributed by atoms with Crippen LogP contribution in [0, 0.1) is 0 Å². The Morgan fingerprint density at radius 2 is 1.04 bits per heavy atom. The third-order valence-corrected chi connectivity index (χ3v) is 9.74. The molecular weight excluding hydrogens is 595 g/mol. The van der Waals surface area contributed by atoms with E-state index in [9.17, 15) is 0 Å². The molecule has 0 N–H and O–H groups in total. The Labute approximate surface area is 283 Å². The van der Waals surface area contributed by atoms with E-state index in [0.717, 1.165) is 39.2 Å². The minimum Gasteiger partial charge on any atom is -0.309 e. The van der Waals surface area contributed by atoms with Gasteiger partial charge in [-0.3, -0.25) is 0 Å². The lowest BCUT2D eigenvalue weighted by molar-refractivity contribution is 1.18. The van der Waals surface area contributed by atoms with Crippen molar-refractivity contribution < 1.29 is 0 Å². The van der Waals surface area contributed by atoms with Gasteiger partial charge in [-0.2, -0.15) is 0 Å². The van der Waals surface area contributed by atoms with Crippen LogP contribution in [0.3, 0.4) is 0 Å². The zero-order valence-corrected chi connectivity index (χ0v) is 26.6. The second kappa shape index (κ2) is 11.0. The lowest BCUT2D eigenvalue weighted by Gasteiger charge is -2.13. The number of benzene rings is 8. The lowest BCUT2D eigenvalue weighted by atomic mass is 10.00. The average molecular weight is 624 g/mol. The van der Waals surface area contributed by atoms with Gasteiger partial charge in [0.2, 0.25) is 0 Å². The summed E-state index contributed by atoms with van der Waals surface area (Å²) in [7, 11) is 0. The zero-order valence-electron chi connectivity index (χ0n) is 26.6. The van der Waals surface area contributed by atoms with Gasteiger partial charge in [0.1, 0.15) is 0 Å². The van der Waals surface area contributed by atoms with E-state index >= 15 is 0 Å². The molecule has 0 saturated heterocycles. The molecule has 0 aliphatic rings. The number of fused-ring (bicyclic) bond motifs is 6. The van der Waals surface area contributed by atoms with E-state index in [1.807, 2.05) is 6.07 Å². The summed E-state index contributed by atoms with van der Waals surface area (Å²) in [6, 6.07) is 62.7. The maximum absolute atomic E-state index is 5.22. The molecule has 228 valence electrons. The van der Waals surface area contributed by atoms with Crippen molar-refractivity contribution in [3.05, 3.63) is 176 Å². The zero-order chi connectivity index (χ0) is 32.3. The number of nitrogens with zero attached hydrogens (tertiary/aromatic N) is 3. The monoisotopic (exact) mass is 623 g/mol. The molecule has 8 aromatic carbocycles. The topological polar surface area (TPSA) is 30.7 Å². The fourth-order valence-corrected chi connectivity index (χ4v) is 7.37. The Balaban J connectivity index is 1.17. The van der Waals surface area contributed by atoms with Gasteiger partial charge in [0, 0.05) is 33.2 Å². The maximum atomic E-state index is 5.22. The van der Waals surface area contributed by atoms with Gasteiger partial charge in [0.25, 0.3) is 0 Å². The minimum absolute atomic E-state index is 0.708. The molecule has 0 unspecified atom stereocenters. The van der Waals surface area contributed by atoms with Gasteiger partial charge in [-0.25, -0.2) is 9.97 Å². The normalized spacial score (nSPS) is 11.7. The molecule has 3 heteroatoms. The summed E-state index contributed by atoms with van der Waals surface area (Å²) in [6.07, 6.45) is 0. The fraction of sp³-hybridized carbons (Fsp3) is 0. The molecule has 0 atom stereocenters. The van der Waals surface area contributed by atoms with Gasteiger partial charge in [-0.15, -0.1) is 0 Å². The summed E-state index contributed by atoms with van der Waals surface area (Å²) < 4.78 is 2.40. The largest absolute Gasteiger partial charge is 0.309 e. The van der Waals surface area contributed by atoms with Crippen LogP contribution in [0.5, 0.6) is 0 Å². The summed E-state index contributed by atoms with van der Waals surface area (Å²) in [6.45, 7) is 0. The van der Waals surface area contributed by atoms with Gasteiger partial charge in [-0.1, -0.05) is 133 Å². The molecule has 10 aromatic rings. The van der Waals surface area contributed by atoms with Crippen LogP contribution in [0.1, 0.15) is 0 Å². The Kier molecular flexibility index (Phi) is 6.18. The molecule has 0 fully saturated rings. The molecule has 0 spiro atoms. The molecule has 0 bridgehead atoms. The number of hydrogen-bond acceptors (Lipinski definition) is 2. The average Bonchev–Trinajstić information content (AvgIpc) is 3.49. The molecule has 0 saturated carbocycles. The molecule has 2 aromatic heterocycles. The van der Waals surface area contributed by atoms with Crippen molar-refractivity contribution >= 4 is 54.1 Å². The first kappa shape index (κ1) is 27.5. The van der Waals surface area contributed by atoms with Crippen LogP contribution in [0.4, 0.5) is 0 Å². The second-order valence-electron chi connectivity index (χ2n) is 12.7. The van der Waals surface area contributed by atoms with E-state index < -0.39 is 0 Å². The van der Waals surface area contributed by atoms with E-state index in [2.05, 4.69) is 174 Å². The van der Waals surface area contributed by atoms with E-state index in [-0.39, 0.29) is 0 Å².